The molecule has 3 heterocycles. The minimum atomic E-state index is -0.0788. The van der Waals surface area contributed by atoms with Gasteiger partial charge in [0, 0.05) is 17.5 Å². The summed E-state index contributed by atoms with van der Waals surface area (Å²) in [5.41, 5.74) is 2.49. The van der Waals surface area contributed by atoms with Crippen LogP contribution in [0.3, 0.4) is 0 Å². The third-order valence-electron chi connectivity index (χ3n) is 5.55. The monoisotopic (exact) mass is 467 g/mol. The van der Waals surface area contributed by atoms with Crippen LogP contribution in [-0.4, -0.2) is 47.8 Å². The molecule has 0 saturated carbocycles. The molecule has 0 N–H and O–H groups in total. The Balaban J connectivity index is 0.000000968. The lowest BCUT2D eigenvalue weighted by Gasteiger charge is -2.17. The molecule has 1 aliphatic heterocycles. The number of methoxy groups -OCH3 is 1. The molecular formula is C26H33N3O3S. The first-order chi connectivity index (χ1) is 16.0. The van der Waals surface area contributed by atoms with Gasteiger partial charge in [0.1, 0.15) is 17.6 Å². The molecule has 0 amide bonds. The predicted molar refractivity (Wildman–Crippen MR) is 138 cm³/mol. The van der Waals surface area contributed by atoms with Crippen LogP contribution >= 0.6 is 11.3 Å². The number of allylic oxidation sites excluding steroid dienone is 3. The number of ether oxygens (including phenoxy) is 2. The average Bonchev–Trinajstić information content (AvgIpc) is 3.50. The summed E-state index contributed by atoms with van der Waals surface area (Å²) in [4.78, 5) is 21.1. The second kappa shape index (κ2) is 11.8. The van der Waals surface area contributed by atoms with Crippen LogP contribution in [-0.2, 0) is 0 Å². The van der Waals surface area contributed by atoms with Crippen molar-refractivity contribution < 1.29 is 9.47 Å². The van der Waals surface area contributed by atoms with Crippen molar-refractivity contribution in [3.8, 4) is 17.2 Å². The predicted octanol–water partition coefficient (Wildman–Crippen LogP) is 5.55. The van der Waals surface area contributed by atoms with Gasteiger partial charge in [0.25, 0.3) is 5.56 Å². The van der Waals surface area contributed by atoms with E-state index in [0.29, 0.717) is 28.5 Å². The van der Waals surface area contributed by atoms with Crippen LogP contribution in [0.4, 0.5) is 0 Å². The molecule has 0 spiro atoms. The largest absolute Gasteiger partial charge is 0.493 e. The normalized spacial score (nSPS) is 14.1. The molecule has 33 heavy (non-hydrogen) atoms. The van der Waals surface area contributed by atoms with Gasteiger partial charge < -0.3 is 9.47 Å². The quantitative estimate of drug-likeness (QED) is 0.427. The van der Waals surface area contributed by atoms with E-state index in [1.165, 1.54) is 24.2 Å². The number of benzene rings is 1. The Labute approximate surface area is 199 Å². The molecule has 1 aromatic carbocycles. The summed E-state index contributed by atoms with van der Waals surface area (Å²) in [6.45, 7) is 13.1. The fourth-order valence-electron chi connectivity index (χ4n) is 3.65. The molecule has 0 bridgehead atoms. The summed E-state index contributed by atoms with van der Waals surface area (Å²) < 4.78 is 13.7. The van der Waals surface area contributed by atoms with Crippen molar-refractivity contribution in [1.82, 2.24) is 14.5 Å². The van der Waals surface area contributed by atoms with E-state index in [1.807, 2.05) is 51.1 Å². The van der Waals surface area contributed by atoms with Crippen molar-refractivity contribution in [1.29, 1.82) is 0 Å². The first-order valence-electron chi connectivity index (χ1n) is 11.3. The van der Waals surface area contributed by atoms with Gasteiger partial charge in [-0.3, -0.25) is 14.3 Å². The average molecular weight is 468 g/mol. The van der Waals surface area contributed by atoms with Gasteiger partial charge in [-0.2, -0.15) is 0 Å². The maximum atomic E-state index is 13.1. The van der Waals surface area contributed by atoms with E-state index >= 15 is 0 Å². The number of aromatic nitrogens is 2. The number of hydrogen-bond acceptors (Lipinski definition) is 6. The molecule has 3 aromatic rings. The topological polar surface area (TPSA) is 56.6 Å². The van der Waals surface area contributed by atoms with E-state index in [-0.39, 0.29) is 5.56 Å². The fourth-order valence-corrected chi connectivity index (χ4v) is 4.72. The molecule has 0 atom stereocenters. The van der Waals surface area contributed by atoms with E-state index in [2.05, 4.69) is 16.5 Å². The van der Waals surface area contributed by atoms with E-state index in [0.717, 1.165) is 35.6 Å². The summed E-state index contributed by atoms with van der Waals surface area (Å²) in [7, 11) is 1.61. The lowest BCUT2D eigenvalue weighted by Crippen LogP contribution is -2.25. The highest BCUT2D eigenvalue weighted by molar-refractivity contribution is 7.19. The Morgan fingerprint density at radius 2 is 1.94 bits per heavy atom. The third kappa shape index (κ3) is 5.92. The highest BCUT2D eigenvalue weighted by atomic mass is 32.1. The zero-order valence-electron chi connectivity index (χ0n) is 20.0. The lowest BCUT2D eigenvalue weighted by molar-refractivity contribution is 0.230. The summed E-state index contributed by atoms with van der Waals surface area (Å²) in [5.74, 6) is 1.29. The van der Waals surface area contributed by atoms with Crippen LogP contribution in [0.2, 0.25) is 0 Å². The number of rotatable bonds is 7. The summed E-state index contributed by atoms with van der Waals surface area (Å²) >= 11 is 1.48. The Bertz CT molecular complexity index is 1170. The van der Waals surface area contributed by atoms with Gasteiger partial charge in [0.05, 0.1) is 18.3 Å². The molecule has 1 aliphatic rings. The number of nitrogens with zero attached hydrogens (tertiary/aromatic N) is 3. The Hall–Kier alpha value is -2.90. The van der Waals surface area contributed by atoms with Crippen LogP contribution in [0, 0.1) is 0 Å². The lowest BCUT2D eigenvalue weighted by atomic mass is 10.2. The summed E-state index contributed by atoms with van der Waals surface area (Å²) in [5, 5.41) is 0. The summed E-state index contributed by atoms with van der Waals surface area (Å²) in [6.07, 6.45) is 7.90. The maximum absolute atomic E-state index is 13.1. The van der Waals surface area contributed by atoms with Crippen LogP contribution in [0.1, 0.15) is 38.5 Å². The van der Waals surface area contributed by atoms with E-state index in [1.54, 1.807) is 24.1 Å². The van der Waals surface area contributed by atoms with E-state index < -0.39 is 0 Å². The molecule has 1 fully saturated rings. The van der Waals surface area contributed by atoms with Gasteiger partial charge in [0.15, 0.2) is 11.5 Å². The van der Waals surface area contributed by atoms with Crippen molar-refractivity contribution in [3.05, 3.63) is 64.6 Å². The van der Waals surface area contributed by atoms with Gasteiger partial charge in [-0.25, -0.2) is 4.98 Å². The number of hydrogen-bond donors (Lipinski definition) is 0. The molecule has 0 radical (unpaired) electrons. The Morgan fingerprint density at radius 3 is 2.61 bits per heavy atom. The standard InChI is InChI=1S/C23H27N3O3S.C3H6/c1-4-16(2)21-14-18-22(30-21)23(27)26(15-24-18)17-7-8-19(20(13-17)28-3)29-12-11-25-9-5-6-10-25;1-3-2/h4,7-8,13-15H,5-6,9-12H2,1-3H3;3H,1H2,2H3/b16-4+;. The minimum absolute atomic E-state index is 0.0788. The molecule has 0 aliphatic carbocycles. The van der Waals surface area contributed by atoms with Crippen LogP contribution < -0.4 is 15.0 Å². The van der Waals surface area contributed by atoms with Gasteiger partial charge in [-0.15, -0.1) is 17.9 Å². The number of fused-ring (bicyclic) bond motifs is 1. The van der Waals surface area contributed by atoms with Gasteiger partial charge in [0.2, 0.25) is 0 Å². The molecular weight excluding hydrogens is 434 g/mol. The van der Waals surface area contributed by atoms with Crippen molar-refractivity contribution in [2.45, 2.75) is 33.6 Å². The zero-order valence-corrected chi connectivity index (χ0v) is 20.8. The Morgan fingerprint density at radius 1 is 1.21 bits per heavy atom. The van der Waals surface area contributed by atoms with Gasteiger partial charge in [-0.1, -0.05) is 12.2 Å². The first-order valence-corrected chi connectivity index (χ1v) is 12.1. The molecule has 7 heteroatoms. The SMILES string of the molecule is C/C=C(\C)c1cc2ncn(-c3ccc(OCCN4CCCC4)c(OC)c3)c(=O)c2s1.C=CC. The summed E-state index contributed by atoms with van der Waals surface area (Å²) in [6, 6.07) is 7.53. The van der Waals surface area contributed by atoms with Crippen molar-refractivity contribution in [3.63, 3.8) is 0 Å². The minimum Gasteiger partial charge on any atom is -0.493 e. The first kappa shape index (κ1) is 24.7. The molecule has 0 unspecified atom stereocenters. The van der Waals surface area contributed by atoms with Crippen molar-refractivity contribution >= 4 is 27.1 Å². The molecule has 176 valence electrons. The molecule has 1 saturated heterocycles. The van der Waals surface area contributed by atoms with E-state index in [9.17, 15) is 4.79 Å². The van der Waals surface area contributed by atoms with Crippen molar-refractivity contribution in [2.75, 3.05) is 33.4 Å². The van der Waals surface area contributed by atoms with Gasteiger partial charge >= 0.3 is 0 Å². The zero-order chi connectivity index (χ0) is 23.8. The van der Waals surface area contributed by atoms with Crippen molar-refractivity contribution in [2.24, 2.45) is 0 Å². The smallest absolute Gasteiger partial charge is 0.275 e. The maximum Gasteiger partial charge on any atom is 0.275 e. The molecule has 2 aromatic heterocycles. The highest BCUT2D eigenvalue weighted by Gasteiger charge is 2.14. The van der Waals surface area contributed by atoms with Crippen LogP contribution in [0.5, 0.6) is 11.5 Å². The number of thiophene rings is 1. The second-order valence-electron chi connectivity index (χ2n) is 7.86. The molecule has 4 rings (SSSR count). The van der Waals surface area contributed by atoms with Crippen LogP contribution in [0.25, 0.3) is 21.5 Å². The van der Waals surface area contributed by atoms with Gasteiger partial charge in [-0.05, 0) is 70.5 Å². The molecule has 6 nitrogen and oxygen atoms in total. The van der Waals surface area contributed by atoms with E-state index in [4.69, 9.17) is 9.47 Å². The third-order valence-corrected chi connectivity index (χ3v) is 6.80. The van der Waals surface area contributed by atoms with Crippen LogP contribution in [0.15, 0.2) is 54.1 Å². The number of likely N-dealkylation sites (tertiary alicyclic amines) is 1. The highest BCUT2D eigenvalue weighted by Crippen LogP contribution is 2.30. The fraction of sp³-hybridized carbons (Fsp3) is 0.385. The second-order valence-corrected chi connectivity index (χ2v) is 8.91. The Kier molecular flexibility index (Phi) is 8.86.